The number of carbonyl (C=O) groups excluding carboxylic acids is 1. The van der Waals surface area contributed by atoms with Crippen LogP contribution in [0.2, 0.25) is 0 Å². The van der Waals surface area contributed by atoms with Crippen LogP contribution in [0, 0.1) is 24.0 Å². The summed E-state index contributed by atoms with van der Waals surface area (Å²) in [5, 5.41) is 18.2. The van der Waals surface area contributed by atoms with E-state index < -0.39 is 11.1 Å². The van der Waals surface area contributed by atoms with E-state index in [2.05, 4.69) is 10.6 Å². The predicted molar refractivity (Wildman–Crippen MR) is 98.4 cm³/mol. The number of nitrogens with zero attached hydrogens (tertiary/aromatic N) is 1. The van der Waals surface area contributed by atoms with E-state index in [9.17, 15) is 14.9 Å². The highest BCUT2D eigenvalue weighted by atomic mass is 32.1. The molecule has 0 saturated heterocycles. The van der Waals surface area contributed by atoms with Crippen LogP contribution >= 0.6 is 11.3 Å². The van der Waals surface area contributed by atoms with Crippen LogP contribution in [0.15, 0.2) is 40.8 Å². The molecule has 8 heteroatoms. The van der Waals surface area contributed by atoms with Gasteiger partial charge in [-0.15, -0.1) is 11.3 Å². The average molecular weight is 369 g/mol. The lowest BCUT2D eigenvalue weighted by Gasteiger charge is -2.24. The number of anilines is 1. The van der Waals surface area contributed by atoms with Crippen LogP contribution < -0.4 is 10.6 Å². The molecule has 0 bridgehead atoms. The van der Waals surface area contributed by atoms with Crippen LogP contribution in [-0.4, -0.2) is 10.8 Å². The van der Waals surface area contributed by atoms with Crippen molar-refractivity contribution in [1.29, 1.82) is 0 Å². The molecule has 1 atom stereocenters. The maximum atomic E-state index is 12.4. The number of nitro benzene ring substituents is 1. The zero-order valence-electron chi connectivity index (χ0n) is 14.0. The Labute approximate surface area is 152 Å². The maximum Gasteiger partial charge on any atom is 0.280 e. The van der Waals surface area contributed by atoms with Crippen LogP contribution in [0.4, 0.5) is 10.7 Å². The molecule has 0 aliphatic carbocycles. The number of thiophene rings is 1. The molecular weight excluding hydrogens is 354 g/mol. The number of nitro groups is 1. The monoisotopic (exact) mass is 369 g/mol. The van der Waals surface area contributed by atoms with E-state index in [0.29, 0.717) is 22.6 Å². The van der Waals surface area contributed by atoms with Crippen LogP contribution in [-0.2, 0) is 0 Å². The number of hydrogen-bond acceptors (Lipinski definition) is 6. The number of hydrogen-bond donors (Lipinski definition) is 2. The molecule has 3 heterocycles. The molecule has 7 nitrogen and oxygen atoms in total. The Kier molecular flexibility index (Phi) is 3.77. The molecule has 1 unspecified atom stereocenters. The molecular formula is C18H15N3O4S. The highest BCUT2D eigenvalue weighted by Gasteiger charge is 2.31. The van der Waals surface area contributed by atoms with Crippen molar-refractivity contribution in [2.45, 2.75) is 20.0 Å². The van der Waals surface area contributed by atoms with Gasteiger partial charge in [-0.3, -0.25) is 14.9 Å². The normalized spacial score (nSPS) is 15.9. The van der Waals surface area contributed by atoms with Gasteiger partial charge in [-0.1, -0.05) is 12.1 Å². The molecule has 2 aromatic heterocycles. The summed E-state index contributed by atoms with van der Waals surface area (Å²) in [6.07, 6.45) is -0.524. The number of carbonyl (C=O) groups is 1. The van der Waals surface area contributed by atoms with E-state index in [4.69, 9.17) is 4.42 Å². The molecule has 26 heavy (non-hydrogen) atoms. The van der Waals surface area contributed by atoms with E-state index in [-0.39, 0.29) is 11.6 Å². The van der Waals surface area contributed by atoms with Gasteiger partial charge in [0.25, 0.3) is 11.6 Å². The minimum Gasteiger partial charge on any atom is -0.457 e. The molecule has 1 amide bonds. The highest BCUT2D eigenvalue weighted by molar-refractivity contribution is 7.16. The smallest absolute Gasteiger partial charge is 0.280 e. The first-order valence-corrected chi connectivity index (χ1v) is 8.78. The van der Waals surface area contributed by atoms with E-state index in [1.54, 1.807) is 30.3 Å². The molecule has 0 spiro atoms. The minimum absolute atomic E-state index is 0.0270. The topological polar surface area (TPSA) is 97.4 Å². The first-order valence-electron chi connectivity index (χ1n) is 7.96. The zero-order valence-corrected chi connectivity index (χ0v) is 14.8. The second-order valence-corrected chi connectivity index (χ2v) is 7.24. The van der Waals surface area contributed by atoms with Crippen molar-refractivity contribution in [3.8, 4) is 11.3 Å². The number of rotatable bonds is 3. The first kappa shape index (κ1) is 16.3. The number of aryl methyl sites for hydroxylation is 1. The quantitative estimate of drug-likeness (QED) is 0.527. The summed E-state index contributed by atoms with van der Waals surface area (Å²) in [6, 6.07) is 9.78. The third-order valence-corrected chi connectivity index (χ3v) is 5.58. The van der Waals surface area contributed by atoms with Crippen molar-refractivity contribution in [2.24, 2.45) is 0 Å². The molecule has 0 fully saturated rings. The number of furan rings is 1. The van der Waals surface area contributed by atoms with Crippen molar-refractivity contribution in [3.05, 3.63) is 68.3 Å². The minimum atomic E-state index is -0.524. The Balaban J connectivity index is 1.68. The Morgan fingerprint density at radius 2 is 1.92 bits per heavy atom. The predicted octanol–water partition coefficient (Wildman–Crippen LogP) is 4.39. The van der Waals surface area contributed by atoms with Crippen molar-refractivity contribution in [2.75, 3.05) is 5.32 Å². The van der Waals surface area contributed by atoms with Crippen LogP contribution in [0.1, 0.15) is 32.7 Å². The number of benzene rings is 1. The average Bonchev–Trinajstić information content (AvgIpc) is 3.20. The fraction of sp³-hybridized carbons (Fsp3) is 0.167. The fourth-order valence-electron chi connectivity index (χ4n) is 3.01. The van der Waals surface area contributed by atoms with Gasteiger partial charge in [0.05, 0.1) is 16.1 Å². The summed E-state index contributed by atoms with van der Waals surface area (Å²) in [5.41, 5.74) is 2.00. The van der Waals surface area contributed by atoms with Gasteiger partial charge in [0.2, 0.25) is 0 Å². The third-order valence-electron chi connectivity index (χ3n) is 4.44. The number of fused-ring (bicyclic) bond motifs is 1. The number of para-hydroxylation sites is 1. The molecule has 1 aromatic carbocycles. The summed E-state index contributed by atoms with van der Waals surface area (Å²) in [7, 11) is 0. The van der Waals surface area contributed by atoms with Gasteiger partial charge in [-0.25, -0.2) is 0 Å². The molecule has 4 rings (SSSR count). The summed E-state index contributed by atoms with van der Waals surface area (Å²) in [4.78, 5) is 24.3. The largest absolute Gasteiger partial charge is 0.457 e. The highest BCUT2D eigenvalue weighted by Crippen LogP contribution is 2.38. The van der Waals surface area contributed by atoms with Crippen molar-refractivity contribution < 1.29 is 14.1 Å². The van der Waals surface area contributed by atoms with Crippen molar-refractivity contribution in [1.82, 2.24) is 5.32 Å². The van der Waals surface area contributed by atoms with Gasteiger partial charge in [0.1, 0.15) is 16.5 Å². The lowest BCUT2D eigenvalue weighted by atomic mass is 10.1. The molecule has 1 aliphatic rings. The lowest BCUT2D eigenvalue weighted by molar-refractivity contribution is -0.384. The fourth-order valence-corrected chi connectivity index (χ4v) is 4.09. The Morgan fingerprint density at radius 1 is 1.15 bits per heavy atom. The van der Waals surface area contributed by atoms with Gasteiger partial charge in [0, 0.05) is 10.9 Å². The molecule has 2 N–H and O–H groups in total. The van der Waals surface area contributed by atoms with E-state index in [1.807, 2.05) is 13.8 Å². The number of nitrogens with one attached hydrogen (secondary N) is 2. The maximum absolute atomic E-state index is 12.4. The Bertz CT molecular complexity index is 1040. The van der Waals surface area contributed by atoms with Gasteiger partial charge in [0.15, 0.2) is 6.17 Å². The van der Waals surface area contributed by atoms with Crippen LogP contribution in [0.25, 0.3) is 11.3 Å². The summed E-state index contributed by atoms with van der Waals surface area (Å²) in [5.74, 6) is 0.711. The van der Waals surface area contributed by atoms with E-state index in [0.717, 1.165) is 15.4 Å². The van der Waals surface area contributed by atoms with Crippen molar-refractivity contribution in [3.63, 3.8) is 0 Å². The summed E-state index contributed by atoms with van der Waals surface area (Å²) < 4.78 is 5.82. The first-order chi connectivity index (χ1) is 12.5. The molecule has 1 aliphatic heterocycles. The molecule has 0 radical (unpaired) electrons. The summed E-state index contributed by atoms with van der Waals surface area (Å²) in [6.45, 7) is 3.90. The van der Waals surface area contributed by atoms with Crippen LogP contribution in [0.5, 0.6) is 0 Å². The lowest BCUT2D eigenvalue weighted by Crippen LogP contribution is -2.37. The molecule has 0 saturated carbocycles. The van der Waals surface area contributed by atoms with E-state index >= 15 is 0 Å². The second-order valence-electron chi connectivity index (χ2n) is 6.01. The second kappa shape index (κ2) is 5.99. The van der Waals surface area contributed by atoms with Gasteiger partial charge < -0.3 is 15.1 Å². The summed E-state index contributed by atoms with van der Waals surface area (Å²) >= 11 is 1.53. The Morgan fingerprint density at radius 3 is 2.69 bits per heavy atom. The third kappa shape index (κ3) is 2.55. The van der Waals surface area contributed by atoms with Gasteiger partial charge in [-0.2, -0.15) is 0 Å². The zero-order chi connectivity index (χ0) is 18.4. The van der Waals surface area contributed by atoms with E-state index in [1.165, 1.54) is 17.4 Å². The van der Waals surface area contributed by atoms with Crippen molar-refractivity contribution >= 4 is 27.9 Å². The standard InChI is InChI=1S/C18H15N3O4S/c1-9-10(2)26-18-15(9)17(22)19-16(20-18)14-8-7-13(25-14)11-5-3-4-6-12(11)21(23)24/h3-8,16,20H,1-2H3,(H,19,22). The van der Waals surface area contributed by atoms with Gasteiger partial charge >= 0.3 is 0 Å². The Hall–Kier alpha value is -3.13. The molecule has 3 aromatic rings. The van der Waals surface area contributed by atoms with Gasteiger partial charge in [-0.05, 0) is 37.6 Å². The SMILES string of the molecule is Cc1sc2c(c1C)C(=O)NC(c1ccc(-c3ccccc3[N+](=O)[O-])o1)N2. The van der Waals surface area contributed by atoms with Crippen LogP contribution in [0.3, 0.4) is 0 Å². The molecule has 132 valence electrons. The number of amides is 1.